The van der Waals surface area contributed by atoms with Crippen molar-refractivity contribution in [2.24, 2.45) is 0 Å². The van der Waals surface area contributed by atoms with Gasteiger partial charge in [0, 0.05) is 5.56 Å². The molecule has 15 heavy (non-hydrogen) atoms. The maximum absolute atomic E-state index is 8.61. The zero-order valence-electron chi connectivity index (χ0n) is 7.76. The maximum Gasteiger partial charge on any atom is 0.160 e. The van der Waals surface area contributed by atoms with Gasteiger partial charge in [0.1, 0.15) is 12.9 Å². The summed E-state index contributed by atoms with van der Waals surface area (Å²) in [7, 11) is 0. The van der Waals surface area contributed by atoms with Crippen molar-refractivity contribution in [1.29, 1.82) is 5.26 Å². The van der Waals surface area contributed by atoms with Gasteiger partial charge >= 0.3 is 0 Å². The first-order valence-corrected chi connectivity index (χ1v) is 4.70. The van der Waals surface area contributed by atoms with Crippen molar-refractivity contribution < 1.29 is 0 Å². The molecule has 0 N–H and O–H groups in total. The van der Waals surface area contributed by atoms with Crippen molar-refractivity contribution in [2.45, 2.75) is 6.54 Å². The third-order valence-electron chi connectivity index (χ3n) is 1.95. The highest BCUT2D eigenvalue weighted by molar-refractivity contribution is 6.33. The van der Waals surface area contributed by atoms with E-state index in [2.05, 4.69) is 10.1 Å². The summed E-state index contributed by atoms with van der Waals surface area (Å²) < 4.78 is 1.52. The Balaban J connectivity index is 2.51. The SMILES string of the molecule is N#CCn1ncnc1-c1ccccc1Cl. The summed E-state index contributed by atoms with van der Waals surface area (Å²) >= 11 is 6.02. The normalized spacial score (nSPS) is 9.87. The fourth-order valence-corrected chi connectivity index (χ4v) is 1.52. The summed E-state index contributed by atoms with van der Waals surface area (Å²) in [6, 6.07) is 9.36. The minimum absolute atomic E-state index is 0.167. The summed E-state index contributed by atoms with van der Waals surface area (Å²) in [5.41, 5.74) is 0.784. The zero-order chi connectivity index (χ0) is 10.7. The molecule has 0 radical (unpaired) electrons. The standard InChI is InChI=1S/C10H7ClN4/c11-9-4-2-1-3-8(9)10-13-7-14-15(10)6-5-12/h1-4,7H,6H2. The van der Waals surface area contributed by atoms with Crippen LogP contribution in [0, 0.1) is 11.3 Å². The number of nitriles is 1. The molecule has 0 bridgehead atoms. The van der Waals surface area contributed by atoms with Gasteiger partial charge in [-0.3, -0.25) is 0 Å². The van der Waals surface area contributed by atoms with Gasteiger partial charge in [-0.1, -0.05) is 23.7 Å². The van der Waals surface area contributed by atoms with Crippen molar-refractivity contribution in [3.63, 3.8) is 0 Å². The van der Waals surface area contributed by atoms with E-state index in [1.165, 1.54) is 11.0 Å². The van der Waals surface area contributed by atoms with Gasteiger partial charge in [0.15, 0.2) is 5.82 Å². The van der Waals surface area contributed by atoms with Gasteiger partial charge < -0.3 is 0 Å². The molecule has 0 spiro atoms. The Morgan fingerprint density at radius 3 is 2.93 bits per heavy atom. The van der Waals surface area contributed by atoms with E-state index in [0.29, 0.717) is 10.8 Å². The van der Waals surface area contributed by atoms with E-state index in [1.54, 1.807) is 6.07 Å². The molecule has 0 saturated carbocycles. The van der Waals surface area contributed by atoms with Crippen LogP contribution in [0.4, 0.5) is 0 Å². The van der Waals surface area contributed by atoms with Gasteiger partial charge in [-0.05, 0) is 12.1 Å². The predicted octanol–water partition coefficient (Wildman–Crippen LogP) is 2.12. The van der Waals surface area contributed by atoms with E-state index in [0.717, 1.165) is 5.56 Å². The molecule has 1 aromatic carbocycles. The van der Waals surface area contributed by atoms with Crippen LogP contribution in [-0.2, 0) is 6.54 Å². The highest BCUT2D eigenvalue weighted by Gasteiger charge is 2.09. The molecule has 2 aromatic rings. The van der Waals surface area contributed by atoms with E-state index in [-0.39, 0.29) is 6.54 Å². The van der Waals surface area contributed by atoms with Crippen LogP contribution < -0.4 is 0 Å². The van der Waals surface area contributed by atoms with Crippen molar-refractivity contribution in [3.8, 4) is 17.5 Å². The summed E-state index contributed by atoms with van der Waals surface area (Å²) in [6.07, 6.45) is 1.41. The summed E-state index contributed by atoms with van der Waals surface area (Å²) in [6.45, 7) is 0.167. The fourth-order valence-electron chi connectivity index (χ4n) is 1.30. The second kappa shape index (κ2) is 4.11. The molecule has 2 rings (SSSR count). The summed E-state index contributed by atoms with van der Waals surface area (Å²) in [4.78, 5) is 4.08. The van der Waals surface area contributed by atoms with Gasteiger partial charge in [0.25, 0.3) is 0 Å². The van der Waals surface area contributed by atoms with Crippen LogP contribution in [0.1, 0.15) is 0 Å². The number of nitrogens with zero attached hydrogens (tertiary/aromatic N) is 4. The van der Waals surface area contributed by atoms with Gasteiger partial charge in [-0.2, -0.15) is 10.4 Å². The molecule has 1 aromatic heterocycles. The van der Waals surface area contributed by atoms with Crippen molar-refractivity contribution in [2.75, 3.05) is 0 Å². The largest absolute Gasteiger partial charge is 0.231 e. The second-order valence-electron chi connectivity index (χ2n) is 2.88. The summed E-state index contributed by atoms with van der Waals surface area (Å²) in [5.74, 6) is 0.613. The highest BCUT2D eigenvalue weighted by Crippen LogP contribution is 2.25. The van der Waals surface area contributed by atoms with Crippen LogP contribution in [0.2, 0.25) is 5.02 Å². The molecule has 0 unspecified atom stereocenters. The molecule has 0 saturated heterocycles. The van der Waals surface area contributed by atoms with Crippen LogP contribution >= 0.6 is 11.6 Å². The van der Waals surface area contributed by atoms with E-state index in [9.17, 15) is 0 Å². The first-order valence-electron chi connectivity index (χ1n) is 4.32. The lowest BCUT2D eigenvalue weighted by molar-refractivity contribution is 0.716. The lowest BCUT2D eigenvalue weighted by atomic mass is 10.2. The third kappa shape index (κ3) is 1.83. The average Bonchev–Trinajstić information content (AvgIpc) is 2.67. The highest BCUT2D eigenvalue weighted by atomic mass is 35.5. The lowest BCUT2D eigenvalue weighted by Gasteiger charge is -2.03. The predicted molar refractivity (Wildman–Crippen MR) is 56.1 cm³/mol. The molecule has 1 heterocycles. The Bertz CT molecular complexity index is 512. The monoisotopic (exact) mass is 218 g/mol. The van der Waals surface area contributed by atoms with Crippen molar-refractivity contribution in [3.05, 3.63) is 35.6 Å². The van der Waals surface area contributed by atoms with E-state index < -0.39 is 0 Å². The first-order chi connectivity index (χ1) is 7.33. The van der Waals surface area contributed by atoms with Crippen LogP contribution in [0.25, 0.3) is 11.4 Å². The number of hydrogen-bond donors (Lipinski definition) is 0. The van der Waals surface area contributed by atoms with Crippen LogP contribution in [0.3, 0.4) is 0 Å². The number of halogens is 1. The second-order valence-corrected chi connectivity index (χ2v) is 3.29. The zero-order valence-corrected chi connectivity index (χ0v) is 8.52. The minimum atomic E-state index is 0.167. The number of aromatic nitrogens is 3. The lowest BCUT2D eigenvalue weighted by Crippen LogP contribution is -2.00. The smallest absolute Gasteiger partial charge is 0.160 e. The van der Waals surface area contributed by atoms with E-state index in [4.69, 9.17) is 16.9 Å². The Labute approximate surface area is 91.7 Å². The van der Waals surface area contributed by atoms with E-state index >= 15 is 0 Å². The molecule has 5 heteroatoms. The summed E-state index contributed by atoms with van der Waals surface area (Å²) in [5, 5.41) is 13.2. The van der Waals surface area contributed by atoms with Crippen molar-refractivity contribution >= 4 is 11.6 Å². The maximum atomic E-state index is 8.61. The van der Waals surface area contributed by atoms with Crippen LogP contribution in [0.15, 0.2) is 30.6 Å². The quantitative estimate of drug-likeness (QED) is 0.776. The average molecular weight is 219 g/mol. The molecule has 0 atom stereocenters. The molecule has 0 aliphatic rings. The molecule has 74 valence electrons. The van der Waals surface area contributed by atoms with E-state index in [1.807, 2.05) is 24.3 Å². The molecule has 0 aliphatic carbocycles. The number of rotatable bonds is 2. The number of benzene rings is 1. The Kier molecular flexibility index (Phi) is 2.66. The minimum Gasteiger partial charge on any atom is -0.231 e. The Morgan fingerprint density at radius 1 is 1.40 bits per heavy atom. The third-order valence-corrected chi connectivity index (χ3v) is 2.28. The molecule has 0 amide bonds. The van der Waals surface area contributed by atoms with Gasteiger partial charge in [0.2, 0.25) is 0 Å². The van der Waals surface area contributed by atoms with Crippen LogP contribution in [-0.4, -0.2) is 14.8 Å². The molecular formula is C10H7ClN4. The fraction of sp³-hybridized carbons (Fsp3) is 0.100. The van der Waals surface area contributed by atoms with Crippen LogP contribution in [0.5, 0.6) is 0 Å². The molecular weight excluding hydrogens is 212 g/mol. The molecule has 4 nitrogen and oxygen atoms in total. The van der Waals surface area contributed by atoms with Crippen molar-refractivity contribution in [1.82, 2.24) is 14.8 Å². The van der Waals surface area contributed by atoms with Gasteiger partial charge in [-0.15, -0.1) is 0 Å². The molecule has 0 aliphatic heterocycles. The number of hydrogen-bond acceptors (Lipinski definition) is 3. The van der Waals surface area contributed by atoms with Gasteiger partial charge in [-0.25, -0.2) is 9.67 Å². The van der Waals surface area contributed by atoms with Gasteiger partial charge in [0.05, 0.1) is 11.1 Å². The first kappa shape index (κ1) is 9.69. The Morgan fingerprint density at radius 2 is 2.20 bits per heavy atom. The topological polar surface area (TPSA) is 54.5 Å². The molecule has 0 fully saturated rings. The Hall–Kier alpha value is -1.86.